The fourth-order valence-corrected chi connectivity index (χ4v) is 2.60. The predicted octanol–water partition coefficient (Wildman–Crippen LogP) is 6.27. The summed E-state index contributed by atoms with van der Waals surface area (Å²) in [5, 5.41) is -8.52. The van der Waals surface area contributed by atoms with Gasteiger partial charge in [-0.05, 0) is 0 Å². The van der Waals surface area contributed by atoms with Crippen LogP contribution in [0.2, 0.25) is 0 Å². The second-order valence-corrected chi connectivity index (χ2v) is 7.60. The molecule has 36 heavy (non-hydrogen) atoms. The molecular formula is C10H4F21NO3S. The number of rotatable bonds is 8. The highest BCUT2D eigenvalue weighted by molar-refractivity contribution is 7.87. The second kappa shape index (κ2) is 8.45. The molecule has 0 saturated carbocycles. The Hall–Kier alpha value is -1.60. The lowest BCUT2D eigenvalue weighted by molar-refractivity contribution is -0.467. The van der Waals surface area contributed by atoms with Crippen LogP contribution in [-0.2, 0) is 10.1 Å². The van der Waals surface area contributed by atoms with Crippen LogP contribution in [0.3, 0.4) is 0 Å². The maximum atomic E-state index is 13.5. The molecule has 220 valence electrons. The van der Waals surface area contributed by atoms with Crippen LogP contribution in [0.1, 0.15) is 0 Å². The zero-order chi connectivity index (χ0) is 29.5. The molecule has 0 aliphatic heterocycles. The summed E-state index contributed by atoms with van der Waals surface area (Å²) >= 11 is 0. The molecule has 0 spiro atoms. The van der Waals surface area contributed by atoms with Gasteiger partial charge in [0.2, 0.25) is 0 Å². The van der Waals surface area contributed by atoms with Crippen LogP contribution in [0.25, 0.3) is 0 Å². The van der Waals surface area contributed by atoms with Crippen LogP contribution in [0.5, 0.6) is 0 Å². The largest absolute Gasteiger partial charge is 0.460 e. The van der Waals surface area contributed by atoms with Crippen molar-refractivity contribution in [3.05, 3.63) is 0 Å². The minimum Gasteiger partial charge on any atom is -0.344 e. The summed E-state index contributed by atoms with van der Waals surface area (Å²) in [4.78, 5) is 0. The topological polar surface area (TPSA) is 89.4 Å². The summed E-state index contributed by atoms with van der Waals surface area (Å²) < 4.78 is 299. The van der Waals surface area contributed by atoms with Gasteiger partial charge < -0.3 is 6.15 Å². The van der Waals surface area contributed by atoms with Crippen LogP contribution in [0, 0.1) is 0 Å². The predicted molar refractivity (Wildman–Crippen MR) is 67.1 cm³/mol. The minimum atomic E-state index is -9.41. The average molecular weight is 617 g/mol. The van der Waals surface area contributed by atoms with E-state index >= 15 is 0 Å². The first-order valence-corrected chi connectivity index (χ1v) is 8.38. The highest BCUT2D eigenvalue weighted by atomic mass is 32.2. The lowest BCUT2D eigenvalue weighted by Gasteiger charge is -2.44. The highest BCUT2D eigenvalue weighted by Crippen LogP contribution is 2.66. The zero-order valence-corrected chi connectivity index (χ0v) is 16.1. The minimum absolute atomic E-state index is 0. The van der Waals surface area contributed by atoms with Crippen LogP contribution in [0.15, 0.2) is 0 Å². The first-order valence-electron chi connectivity index (χ1n) is 6.94. The summed E-state index contributed by atoms with van der Waals surface area (Å²) in [7, 11) is -8.58. The standard InChI is InChI=1S/C10HF21O3S.H3N/c11-1(12,3(15,16)5(19,20)7(23,24)9(26,27)28)2(13,14)4(17,18)6(21,22)8(25,10(29,30)31)35(32,33)34;/h(H,32,33,34);1H3. The lowest BCUT2D eigenvalue weighted by Crippen LogP contribution is -2.78. The number of halogens is 21. The Morgan fingerprint density at radius 3 is 0.722 bits per heavy atom. The highest BCUT2D eigenvalue weighted by Gasteiger charge is 2.99. The van der Waals surface area contributed by atoms with Gasteiger partial charge in [-0.15, -0.1) is 0 Å². The molecule has 0 aliphatic rings. The molecule has 0 heterocycles. The van der Waals surface area contributed by atoms with Crippen molar-refractivity contribution < 1.29 is 105 Å². The van der Waals surface area contributed by atoms with Crippen molar-refractivity contribution in [1.82, 2.24) is 6.15 Å². The van der Waals surface area contributed by atoms with E-state index in [1.54, 1.807) is 0 Å². The van der Waals surface area contributed by atoms with E-state index in [1.807, 2.05) is 0 Å². The third-order valence-corrected chi connectivity index (χ3v) is 5.04. The summed E-state index contributed by atoms with van der Waals surface area (Å²) in [5.41, 5.74) is 0. The van der Waals surface area contributed by atoms with Crippen molar-refractivity contribution in [2.75, 3.05) is 0 Å². The van der Waals surface area contributed by atoms with E-state index in [-0.39, 0.29) is 6.15 Å². The van der Waals surface area contributed by atoms with E-state index in [9.17, 15) is 101 Å². The number of hydrogen-bond donors (Lipinski definition) is 2. The van der Waals surface area contributed by atoms with Gasteiger partial charge in [0.15, 0.2) is 0 Å². The molecule has 0 aromatic heterocycles. The third kappa shape index (κ3) is 4.09. The van der Waals surface area contributed by atoms with Crippen molar-refractivity contribution in [2.24, 2.45) is 0 Å². The Bertz CT molecular complexity index is 917. The molecule has 0 radical (unpaired) electrons. The molecule has 0 saturated heterocycles. The number of hydrogen-bond acceptors (Lipinski definition) is 3. The quantitative estimate of drug-likeness (QED) is 0.248. The summed E-state index contributed by atoms with van der Waals surface area (Å²) in [6, 6.07) is 0. The van der Waals surface area contributed by atoms with Crippen molar-refractivity contribution in [1.29, 1.82) is 0 Å². The first kappa shape index (κ1) is 36.6. The summed E-state index contributed by atoms with van der Waals surface area (Å²) in [6.07, 6.45) is -16.3. The van der Waals surface area contributed by atoms with Gasteiger partial charge in [0, 0.05) is 0 Å². The van der Waals surface area contributed by atoms with Crippen molar-refractivity contribution in [3.8, 4) is 0 Å². The normalized spacial score (nSPS) is 17.9. The van der Waals surface area contributed by atoms with Crippen molar-refractivity contribution >= 4 is 10.1 Å². The van der Waals surface area contributed by atoms with Gasteiger partial charge in [0.25, 0.3) is 0 Å². The van der Waals surface area contributed by atoms with Crippen molar-refractivity contribution in [2.45, 2.75) is 58.8 Å². The Labute approximate surface area is 181 Å². The van der Waals surface area contributed by atoms with Crippen molar-refractivity contribution in [3.63, 3.8) is 0 Å². The number of alkyl halides is 21. The smallest absolute Gasteiger partial charge is 0.344 e. The van der Waals surface area contributed by atoms with E-state index in [4.69, 9.17) is 4.55 Å². The molecule has 0 bridgehead atoms. The van der Waals surface area contributed by atoms with Gasteiger partial charge in [0.05, 0.1) is 0 Å². The fourth-order valence-electron chi connectivity index (χ4n) is 1.85. The van der Waals surface area contributed by atoms with Gasteiger partial charge in [-0.2, -0.15) is 96.2 Å². The monoisotopic (exact) mass is 617 g/mol. The van der Waals surface area contributed by atoms with Crippen LogP contribution in [0.4, 0.5) is 92.2 Å². The molecule has 4 nitrogen and oxygen atoms in total. The maximum absolute atomic E-state index is 13.5. The molecule has 1 atom stereocenters. The van der Waals surface area contributed by atoms with Gasteiger partial charge in [-0.25, -0.2) is 4.39 Å². The van der Waals surface area contributed by atoms with Crippen LogP contribution in [-0.4, -0.2) is 71.8 Å². The average Bonchev–Trinajstić information content (AvgIpc) is 2.56. The Morgan fingerprint density at radius 1 is 0.361 bits per heavy atom. The SMILES string of the molecule is N.O=S(=O)(O)C(F)(C(F)(F)F)C(F)(F)C(F)(F)C(F)(F)C(F)(F)C(F)(F)C(F)(F)C(F)(F)C(F)(F)F. The fraction of sp³-hybridized carbons (Fsp3) is 1.00. The summed E-state index contributed by atoms with van der Waals surface area (Å²) in [6.45, 7) is 0. The molecule has 0 rings (SSSR count). The van der Waals surface area contributed by atoms with E-state index < -0.39 is 68.9 Å². The molecule has 26 heteroatoms. The Morgan fingerprint density at radius 2 is 0.556 bits per heavy atom. The van der Waals surface area contributed by atoms with Gasteiger partial charge in [0.1, 0.15) is 0 Å². The molecule has 0 aromatic carbocycles. The molecule has 4 N–H and O–H groups in total. The molecule has 0 aliphatic carbocycles. The summed E-state index contributed by atoms with van der Waals surface area (Å²) in [5.74, 6) is -64.0. The molecule has 1 unspecified atom stereocenters. The third-order valence-electron chi connectivity index (χ3n) is 3.85. The molecular weight excluding hydrogens is 613 g/mol. The van der Waals surface area contributed by atoms with Crippen LogP contribution < -0.4 is 6.15 Å². The second-order valence-electron chi connectivity index (χ2n) is 6.09. The van der Waals surface area contributed by atoms with Gasteiger partial charge >= 0.3 is 68.9 Å². The maximum Gasteiger partial charge on any atom is 0.460 e. The molecule has 0 aromatic rings. The van der Waals surface area contributed by atoms with E-state index in [1.165, 1.54) is 0 Å². The van der Waals surface area contributed by atoms with Gasteiger partial charge in [-0.3, -0.25) is 4.55 Å². The van der Waals surface area contributed by atoms with Crippen LogP contribution >= 0.6 is 0 Å². The Balaban J connectivity index is 0. The van der Waals surface area contributed by atoms with E-state index in [0.717, 1.165) is 0 Å². The molecule has 0 fully saturated rings. The Kier molecular flexibility index (Phi) is 8.58. The van der Waals surface area contributed by atoms with E-state index in [0.29, 0.717) is 0 Å². The van der Waals surface area contributed by atoms with E-state index in [2.05, 4.69) is 0 Å². The molecule has 0 amide bonds. The zero-order valence-electron chi connectivity index (χ0n) is 15.3. The van der Waals surface area contributed by atoms with Gasteiger partial charge in [-0.1, -0.05) is 0 Å². The first-order chi connectivity index (χ1) is 14.5. The lowest BCUT2D eigenvalue weighted by atomic mass is 9.87.